The molecule has 0 saturated heterocycles. The SMILES string of the molecule is CCCc1nc(Cn2c(C)nc3c2CCCC3)cs1. The molecule has 0 saturated carbocycles. The van der Waals surface area contributed by atoms with Gasteiger partial charge in [0.05, 0.1) is 22.9 Å². The minimum Gasteiger partial charge on any atom is -0.326 e. The molecule has 2 aromatic heterocycles. The topological polar surface area (TPSA) is 30.7 Å². The highest BCUT2D eigenvalue weighted by molar-refractivity contribution is 7.09. The van der Waals surface area contributed by atoms with Gasteiger partial charge in [-0.05, 0) is 45.4 Å². The smallest absolute Gasteiger partial charge is 0.106 e. The second kappa shape index (κ2) is 5.45. The zero-order valence-corrected chi connectivity index (χ0v) is 12.6. The van der Waals surface area contributed by atoms with E-state index in [2.05, 4.69) is 23.8 Å². The Hall–Kier alpha value is -1.16. The number of nitrogens with zero attached hydrogens (tertiary/aromatic N) is 3. The van der Waals surface area contributed by atoms with Gasteiger partial charge in [-0.1, -0.05) is 6.92 Å². The molecule has 0 spiro atoms. The van der Waals surface area contributed by atoms with Crippen molar-refractivity contribution >= 4 is 11.3 Å². The monoisotopic (exact) mass is 275 g/mol. The van der Waals surface area contributed by atoms with Gasteiger partial charge in [-0.25, -0.2) is 9.97 Å². The van der Waals surface area contributed by atoms with E-state index >= 15 is 0 Å². The van der Waals surface area contributed by atoms with Crippen LogP contribution < -0.4 is 0 Å². The molecule has 3 rings (SSSR count). The van der Waals surface area contributed by atoms with Crippen molar-refractivity contribution in [2.24, 2.45) is 0 Å². The Morgan fingerprint density at radius 3 is 2.95 bits per heavy atom. The minimum atomic E-state index is 0.897. The van der Waals surface area contributed by atoms with E-state index in [9.17, 15) is 0 Å². The number of hydrogen-bond acceptors (Lipinski definition) is 3. The van der Waals surface area contributed by atoms with Gasteiger partial charge in [0.25, 0.3) is 0 Å². The largest absolute Gasteiger partial charge is 0.326 e. The molecule has 2 aromatic rings. The summed E-state index contributed by atoms with van der Waals surface area (Å²) in [7, 11) is 0. The normalized spacial score (nSPS) is 14.6. The Morgan fingerprint density at radius 1 is 1.26 bits per heavy atom. The third-order valence-electron chi connectivity index (χ3n) is 3.81. The van der Waals surface area contributed by atoms with Gasteiger partial charge in [0, 0.05) is 11.1 Å². The lowest BCUT2D eigenvalue weighted by molar-refractivity contribution is 0.620. The summed E-state index contributed by atoms with van der Waals surface area (Å²) >= 11 is 1.79. The molecular formula is C15H21N3S. The maximum atomic E-state index is 4.73. The second-order valence-corrected chi connectivity index (χ2v) is 6.27. The van der Waals surface area contributed by atoms with Crippen LogP contribution in [-0.2, 0) is 25.8 Å². The average Bonchev–Trinajstić information content (AvgIpc) is 2.96. The number of hydrogen-bond donors (Lipinski definition) is 0. The van der Waals surface area contributed by atoms with Crippen molar-refractivity contribution in [1.29, 1.82) is 0 Å². The van der Waals surface area contributed by atoms with E-state index in [0.717, 1.165) is 25.2 Å². The van der Waals surface area contributed by atoms with Crippen LogP contribution in [0.2, 0.25) is 0 Å². The molecule has 19 heavy (non-hydrogen) atoms. The summed E-state index contributed by atoms with van der Waals surface area (Å²) in [6.07, 6.45) is 7.21. The van der Waals surface area contributed by atoms with Crippen molar-refractivity contribution < 1.29 is 0 Å². The Kier molecular flexibility index (Phi) is 3.69. The van der Waals surface area contributed by atoms with Gasteiger partial charge in [-0.2, -0.15) is 0 Å². The molecule has 0 amide bonds. The van der Waals surface area contributed by atoms with Gasteiger partial charge < -0.3 is 4.57 Å². The van der Waals surface area contributed by atoms with Crippen molar-refractivity contribution in [3.05, 3.63) is 33.3 Å². The fraction of sp³-hybridized carbons (Fsp3) is 0.600. The van der Waals surface area contributed by atoms with Crippen molar-refractivity contribution in [3.8, 4) is 0 Å². The number of aryl methyl sites for hydroxylation is 3. The van der Waals surface area contributed by atoms with E-state index in [1.807, 2.05) is 0 Å². The van der Waals surface area contributed by atoms with E-state index in [4.69, 9.17) is 9.97 Å². The van der Waals surface area contributed by atoms with Crippen LogP contribution in [0.4, 0.5) is 0 Å². The van der Waals surface area contributed by atoms with Crippen LogP contribution >= 0.6 is 11.3 Å². The van der Waals surface area contributed by atoms with Crippen LogP contribution in [-0.4, -0.2) is 14.5 Å². The molecule has 0 aliphatic heterocycles. The molecule has 0 fully saturated rings. The fourth-order valence-corrected chi connectivity index (χ4v) is 3.75. The molecular weight excluding hydrogens is 254 g/mol. The second-order valence-electron chi connectivity index (χ2n) is 5.33. The lowest BCUT2D eigenvalue weighted by Gasteiger charge is -2.13. The molecule has 1 aliphatic rings. The molecule has 102 valence electrons. The summed E-state index contributed by atoms with van der Waals surface area (Å²) in [5, 5.41) is 3.48. The van der Waals surface area contributed by atoms with E-state index in [1.54, 1.807) is 11.3 Å². The highest BCUT2D eigenvalue weighted by atomic mass is 32.1. The van der Waals surface area contributed by atoms with Crippen LogP contribution in [0.1, 0.15) is 54.1 Å². The van der Waals surface area contributed by atoms with Crippen molar-refractivity contribution in [1.82, 2.24) is 14.5 Å². The third kappa shape index (κ3) is 2.59. The van der Waals surface area contributed by atoms with E-state index in [1.165, 1.54) is 47.8 Å². The van der Waals surface area contributed by atoms with Crippen LogP contribution in [0.3, 0.4) is 0 Å². The van der Waals surface area contributed by atoms with Crippen LogP contribution in [0.5, 0.6) is 0 Å². The zero-order chi connectivity index (χ0) is 13.2. The molecule has 0 bridgehead atoms. The average molecular weight is 275 g/mol. The lowest BCUT2D eigenvalue weighted by Crippen LogP contribution is -2.10. The van der Waals surface area contributed by atoms with Gasteiger partial charge >= 0.3 is 0 Å². The van der Waals surface area contributed by atoms with Gasteiger partial charge in [-0.3, -0.25) is 0 Å². The number of fused-ring (bicyclic) bond motifs is 1. The first-order chi connectivity index (χ1) is 9.28. The predicted octanol–water partition coefficient (Wildman–Crippen LogP) is 3.53. The Labute approximate surface area is 118 Å². The standard InChI is InChI=1S/C15H21N3S/c1-3-6-15-17-12(10-19-15)9-18-11(2)16-13-7-4-5-8-14(13)18/h10H,3-9H2,1-2H3. The summed E-state index contributed by atoms with van der Waals surface area (Å²) in [4.78, 5) is 9.46. The number of aromatic nitrogens is 3. The zero-order valence-electron chi connectivity index (χ0n) is 11.8. The number of imidazole rings is 1. The van der Waals surface area contributed by atoms with Gasteiger partial charge in [0.2, 0.25) is 0 Å². The van der Waals surface area contributed by atoms with Crippen LogP contribution in [0.25, 0.3) is 0 Å². The van der Waals surface area contributed by atoms with Crippen molar-refractivity contribution in [2.75, 3.05) is 0 Å². The molecule has 0 N–H and O–H groups in total. The Bertz CT molecular complexity index is 568. The summed E-state index contributed by atoms with van der Waals surface area (Å²) < 4.78 is 2.37. The van der Waals surface area contributed by atoms with E-state index in [0.29, 0.717) is 0 Å². The predicted molar refractivity (Wildman–Crippen MR) is 78.8 cm³/mol. The van der Waals surface area contributed by atoms with Crippen LogP contribution in [0.15, 0.2) is 5.38 Å². The summed E-state index contributed by atoms with van der Waals surface area (Å²) in [5.74, 6) is 1.15. The molecule has 3 nitrogen and oxygen atoms in total. The first kappa shape index (κ1) is 12.9. The quantitative estimate of drug-likeness (QED) is 0.854. The van der Waals surface area contributed by atoms with Gasteiger partial charge in [-0.15, -0.1) is 11.3 Å². The first-order valence-electron chi connectivity index (χ1n) is 7.26. The molecule has 0 atom stereocenters. The minimum absolute atomic E-state index is 0.897. The van der Waals surface area contributed by atoms with E-state index in [-0.39, 0.29) is 0 Å². The van der Waals surface area contributed by atoms with Crippen molar-refractivity contribution in [2.45, 2.75) is 58.9 Å². The molecule has 0 aromatic carbocycles. The number of rotatable bonds is 4. The molecule has 1 aliphatic carbocycles. The van der Waals surface area contributed by atoms with Gasteiger partial charge in [0.15, 0.2) is 0 Å². The highest BCUT2D eigenvalue weighted by Crippen LogP contribution is 2.23. The van der Waals surface area contributed by atoms with Gasteiger partial charge in [0.1, 0.15) is 5.82 Å². The number of thiazole rings is 1. The highest BCUT2D eigenvalue weighted by Gasteiger charge is 2.18. The fourth-order valence-electron chi connectivity index (χ4n) is 2.86. The molecule has 4 heteroatoms. The summed E-state index contributed by atoms with van der Waals surface area (Å²) in [5.41, 5.74) is 3.98. The van der Waals surface area contributed by atoms with Crippen LogP contribution in [0, 0.1) is 6.92 Å². The maximum Gasteiger partial charge on any atom is 0.106 e. The van der Waals surface area contributed by atoms with E-state index < -0.39 is 0 Å². The third-order valence-corrected chi connectivity index (χ3v) is 4.76. The van der Waals surface area contributed by atoms with Crippen molar-refractivity contribution in [3.63, 3.8) is 0 Å². The summed E-state index contributed by atoms with van der Waals surface area (Å²) in [6.45, 7) is 5.23. The molecule has 2 heterocycles. The Morgan fingerprint density at radius 2 is 2.11 bits per heavy atom. The Balaban J connectivity index is 1.84. The molecule has 0 radical (unpaired) electrons. The first-order valence-corrected chi connectivity index (χ1v) is 8.14. The maximum absolute atomic E-state index is 4.73. The summed E-state index contributed by atoms with van der Waals surface area (Å²) in [6, 6.07) is 0. The molecule has 0 unspecified atom stereocenters. The lowest BCUT2D eigenvalue weighted by atomic mass is 10.0.